The first kappa shape index (κ1) is 80.9. The molecule has 3 aromatic heterocycles. The molecule has 0 unspecified atom stereocenters. The van der Waals surface area contributed by atoms with Gasteiger partial charge in [-0.25, -0.2) is 0 Å². The van der Waals surface area contributed by atoms with Gasteiger partial charge in [-0.15, -0.1) is 0 Å². The van der Waals surface area contributed by atoms with Gasteiger partial charge in [0.1, 0.15) is 33.5 Å². The second kappa shape index (κ2) is 33.2. The van der Waals surface area contributed by atoms with Crippen LogP contribution in [0.15, 0.2) is 523 Å². The first-order chi connectivity index (χ1) is 70.0. The second-order valence-corrected chi connectivity index (χ2v) is 37.2. The molecule has 0 amide bonds. The lowest BCUT2D eigenvalue weighted by atomic mass is 9.82. The molecule has 0 radical (unpaired) electrons. The Morgan fingerprint density at radius 2 is 0.348 bits per heavy atom. The van der Waals surface area contributed by atoms with E-state index in [0.717, 1.165) is 49.7 Å². The Kier molecular flexibility index (Phi) is 19.0. The molecule has 3 nitrogen and oxygen atoms in total. The maximum atomic E-state index is 6.54. The van der Waals surface area contributed by atoms with Crippen molar-refractivity contribution in [2.24, 2.45) is 0 Å². The van der Waals surface area contributed by atoms with Gasteiger partial charge in [-0.2, -0.15) is 0 Å². The molecule has 0 saturated carbocycles. The van der Waals surface area contributed by atoms with Gasteiger partial charge in [-0.1, -0.05) is 461 Å². The summed E-state index contributed by atoms with van der Waals surface area (Å²) >= 11 is 0. The van der Waals surface area contributed by atoms with E-state index >= 15 is 0 Å². The molecule has 0 aliphatic heterocycles. The maximum Gasteiger partial charge on any atom is 0.136 e. The zero-order chi connectivity index (χ0) is 92.7. The highest BCUT2D eigenvalue weighted by molar-refractivity contribution is 6.35. The molecule has 30 aromatic rings. The van der Waals surface area contributed by atoms with Crippen LogP contribution in [0.1, 0.15) is 0 Å². The monoisotopic (exact) mass is 1790 g/mol. The topological polar surface area (TPSA) is 39.4 Å². The Balaban J connectivity index is 0.000000104. The van der Waals surface area contributed by atoms with Gasteiger partial charge in [-0.3, -0.25) is 0 Å². The van der Waals surface area contributed by atoms with Crippen molar-refractivity contribution in [2.45, 2.75) is 0 Å². The minimum Gasteiger partial charge on any atom is -0.456 e. The smallest absolute Gasteiger partial charge is 0.136 e. The molecule has 3 heterocycles. The van der Waals surface area contributed by atoms with E-state index < -0.39 is 0 Å². The van der Waals surface area contributed by atoms with Gasteiger partial charge in [0.15, 0.2) is 0 Å². The zero-order valence-corrected chi connectivity index (χ0v) is 76.7. The van der Waals surface area contributed by atoms with Gasteiger partial charge in [0, 0.05) is 49.0 Å². The lowest BCUT2D eigenvalue weighted by molar-refractivity contribution is 0.669. The average molecular weight is 1790 g/mol. The van der Waals surface area contributed by atoms with Gasteiger partial charge in [0.25, 0.3) is 0 Å². The fraction of sp³-hybridized carbons (Fsp3) is 0. The quantitative estimate of drug-likeness (QED) is 0.135. The molecule has 654 valence electrons. The summed E-state index contributed by atoms with van der Waals surface area (Å²) in [5.41, 5.74) is 27.8. The molecule has 30 rings (SSSR count). The first-order valence-electron chi connectivity index (χ1n) is 48.6. The van der Waals surface area contributed by atoms with Crippen molar-refractivity contribution in [2.75, 3.05) is 0 Å². The van der Waals surface area contributed by atoms with Crippen molar-refractivity contribution in [1.82, 2.24) is 0 Å². The van der Waals surface area contributed by atoms with Crippen molar-refractivity contribution in [3.63, 3.8) is 0 Å². The molecular formula is C138H84O3. The summed E-state index contributed by atoms with van der Waals surface area (Å²) in [6.45, 7) is 0. The summed E-state index contributed by atoms with van der Waals surface area (Å²) in [6.07, 6.45) is 0. The SMILES string of the molecule is c1cc(-c2cccc3ccccc23)cc(-c2c3ccccc3c(-c3c4ccccc4cc4oc5ccccc5c34)c3ccccc23)c1.c1ccc(-c2c3ccccc3c(-c3c4ccccc4cc4oc5ccccc5c34)c3ccccc23)c(-c2ccc3ccccc3c2)c1.c1ccc2c(-c3ccc(-c4c5ccccc5c(-c5c6ccccc6cc6oc7ccccc7c56)c5ccccc45)cc3)cccc2c1. The summed E-state index contributed by atoms with van der Waals surface area (Å²) in [6, 6.07) is 185. The fourth-order valence-corrected chi connectivity index (χ4v) is 23.5. The molecular weight excluding hydrogens is 1710 g/mol. The largest absolute Gasteiger partial charge is 0.456 e. The molecule has 27 aromatic carbocycles. The van der Waals surface area contributed by atoms with Crippen LogP contribution in [0.25, 0.3) is 295 Å². The van der Waals surface area contributed by atoms with E-state index in [1.807, 2.05) is 0 Å². The van der Waals surface area contributed by atoms with Crippen LogP contribution in [-0.2, 0) is 0 Å². The molecule has 3 heteroatoms. The molecule has 0 aliphatic rings. The summed E-state index contributed by atoms with van der Waals surface area (Å²) in [5.74, 6) is 0. The number of fused-ring (bicyclic) bond motifs is 21. The zero-order valence-electron chi connectivity index (χ0n) is 76.7. The van der Waals surface area contributed by atoms with Crippen LogP contribution < -0.4 is 0 Å². The van der Waals surface area contributed by atoms with E-state index in [1.54, 1.807) is 0 Å². The molecule has 0 bridgehead atoms. The molecule has 0 N–H and O–H groups in total. The fourth-order valence-electron chi connectivity index (χ4n) is 23.5. The van der Waals surface area contributed by atoms with E-state index in [-0.39, 0.29) is 0 Å². The predicted octanol–water partition coefficient (Wildman–Crippen LogP) is 39.6. The standard InChI is InChI=1S/3C46H28O/c1-3-18-33-29(13-1)15-12-25-34(33)30-16-11-17-32(27-30)43-36-20-5-7-22-38(36)44(39-23-8-6-21-37(39)43)46-35-19-4-2-14-31(35)28-42-45(46)40-24-9-10-26-41(40)47-42;1-3-15-33-29(12-1)14-11-22-34(33)30-24-26-31(27-25-30)43-36-17-5-7-19-38(36)44(39-20-8-6-18-37(39)43)46-35-16-4-2-13-32(35)28-42-45(46)40-21-9-10-23-41(40)47-42;1-2-14-30-27-32(26-25-29(30)13-1)33-16-5-6-18-35(33)43-36-19-7-9-21-38(36)44(39-22-10-8-20-37(39)43)46-34-17-4-3-15-31(34)28-42-45(46)40-23-11-12-24-41(40)47-42/h3*1-28H. The second-order valence-electron chi connectivity index (χ2n) is 37.2. The van der Waals surface area contributed by atoms with E-state index in [1.165, 1.54) is 246 Å². The number of hydrogen-bond acceptors (Lipinski definition) is 3. The minimum atomic E-state index is 0.911. The van der Waals surface area contributed by atoms with Gasteiger partial charge >= 0.3 is 0 Å². The summed E-state index contributed by atoms with van der Waals surface area (Å²) in [5, 5.41) is 36.6. The molecule has 0 atom stereocenters. The molecule has 0 fully saturated rings. The Bertz CT molecular complexity index is 10200. The van der Waals surface area contributed by atoms with Gasteiger partial charge in [0.2, 0.25) is 0 Å². The molecule has 0 spiro atoms. The highest BCUT2D eigenvalue weighted by Crippen LogP contribution is 2.56. The molecule has 0 saturated heterocycles. The average Bonchev–Trinajstić information content (AvgIpc) is 1.69. The van der Waals surface area contributed by atoms with Crippen molar-refractivity contribution in [3.8, 4) is 100 Å². The van der Waals surface area contributed by atoms with E-state index in [2.05, 4.69) is 510 Å². The minimum absolute atomic E-state index is 0.911. The number of para-hydroxylation sites is 3. The summed E-state index contributed by atoms with van der Waals surface area (Å²) in [4.78, 5) is 0. The van der Waals surface area contributed by atoms with Gasteiger partial charge in [0.05, 0.1) is 0 Å². The third-order valence-electron chi connectivity index (χ3n) is 29.5. The number of hydrogen-bond donors (Lipinski definition) is 0. The lowest BCUT2D eigenvalue weighted by Crippen LogP contribution is -1.94. The van der Waals surface area contributed by atoms with E-state index in [0.29, 0.717) is 0 Å². The van der Waals surface area contributed by atoms with Crippen LogP contribution in [0.4, 0.5) is 0 Å². The van der Waals surface area contributed by atoms with Crippen molar-refractivity contribution in [3.05, 3.63) is 510 Å². The summed E-state index contributed by atoms with van der Waals surface area (Å²) in [7, 11) is 0. The number of rotatable bonds is 9. The van der Waals surface area contributed by atoms with E-state index in [4.69, 9.17) is 13.3 Å². The van der Waals surface area contributed by atoms with Gasteiger partial charge < -0.3 is 13.3 Å². The highest BCUT2D eigenvalue weighted by Gasteiger charge is 2.29. The van der Waals surface area contributed by atoms with E-state index in [9.17, 15) is 0 Å². The summed E-state index contributed by atoms with van der Waals surface area (Å²) < 4.78 is 19.6. The van der Waals surface area contributed by atoms with Crippen LogP contribution in [0, 0.1) is 0 Å². The van der Waals surface area contributed by atoms with Crippen LogP contribution >= 0.6 is 0 Å². The Hall–Kier alpha value is -18.5. The Morgan fingerprint density at radius 3 is 0.745 bits per heavy atom. The number of furan rings is 3. The molecule has 0 aliphatic carbocycles. The maximum absolute atomic E-state index is 6.54. The predicted molar refractivity (Wildman–Crippen MR) is 600 cm³/mol. The third kappa shape index (κ3) is 13.2. The Labute approximate surface area is 812 Å². The number of benzene rings is 27. The molecule has 141 heavy (non-hydrogen) atoms. The van der Waals surface area contributed by atoms with Crippen molar-refractivity contribution in [1.29, 1.82) is 0 Å². The third-order valence-corrected chi connectivity index (χ3v) is 29.5. The van der Waals surface area contributed by atoms with Gasteiger partial charge in [-0.05, 0) is 261 Å². The van der Waals surface area contributed by atoms with Crippen LogP contribution in [-0.4, -0.2) is 0 Å². The first-order valence-corrected chi connectivity index (χ1v) is 48.6. The van der Waals surface area contributed by atoms with Crippen molar-refractivity contribution < 1.29 is 13.3 Å². The van der Waals surface area contributed by atoms with Crippen LogP contribution in [0.5, 0.6) is 0 Å². The van der Waals surface area contributed by atoms with Crippen molar-refractivity contribution >= 4 is 195 Å². The Morgan fingerprint density at radius 1 is 0.0993 bits per heavy atom. The van der Waals surface area contributed by atoms with Crippen LogP contribution in [0.3, 0.4) is 0 Å². The lowest BCUT2D eigenvalue weighted by Gasteiger charge is -2.21. The normalized spacial score (nSPS) is 11.8. The van der Waals surface area contributed by atoms with Crippen LogP contribution in [0.2, 0.25) is 0 Å². The highest BCUT2D eigenvalue weighted by atomic mass is 16.3.